The van der Waals surface area contributed by atoms with Crippen LogP contribution in [0.3, 0.4) is 0 Å². The van der Waals surface area contributed by atoms with Gasteiger partial charge in [-0.3, -0.25) is 9.78 Å². The molecule has 1 amide bonds. The third-order valence-electron chi connectivity index (χ3n) is 2.85. The number of aromatic nitrogens is 2. The van der Waals surface area contributed by atoms with E-state index in [2.05, 4.69) is 16.9 Å². The van der Waals surface area contributed by atoms with E-state index in [1.165, 1.54) is 12.6 Å². The number of rotatable bonds is 1. The van der Waals surface area contributed by atoms with Crippen molar-refractivity contribution in [2.75, 3.05) is 6.54 Å². The van der Waals surface area contributed by atoms with Gasteiger partial charge in [0.05, 0.1) is 6.20 Å². The summed E-state index contributed by atoms with van der Waals surface area (Å²) < 4.78 is 0. The second-order valence-electron chi connectivity index (χ2n) is 3.93. The Labute approximate surface area is 89.3 Å². The molecule has 2 rings (SSSR count). The summed E-state index contributed by atoms with van der Waals surface area (Å²) in [4.78, 5) is 21.9. The van der Waals surface area contributed by atoms with Crippen molar-refractivity contribution in [3.8, 4) is 0 Å². The number of piperidine rings is 1. The lowest BCUT2D eigenvalue weighted by molar-refractivity contribution is 0.0629. The Hall–Kier alpha value is -1.45. The van der Waals surface area contributed by atoms with Crippen molar-refractivity contribution in [2.24, 2.45) is 0 Å². The Bertz CT molecular complexity index is 339. The predicted octanol–water partition coefficient (Wildman–Crippen LogP) is 1.49. The van der Waals surface area contributed by atoms with Gasteiger partial charge in [0.25, 0.3) is 5.91 Å². The molecule has 1 aliphatic heterocycles. The van der Waals surface area contributed by atoms with Crippen LogP contribution in [0.15, 0.2) is 18.6 Å². The van der Waals surface area contributed by atoms with Crippen LogP contribution in [0.4, 0.5) is 0 Å². The minimum absolute atomic E-state index is 0.00954. The Morgan fingerprint density at radius 3 is 3.00 bits per heavy atom. The first-order valence-corrected chi connectivity index (χ1v) is 5.36. The van der Waals surface area contributed by atoms with E-state index in [0.717, 1.165) is 19.4 Å². The third-order valence-corrected chi connectivity index (χ3v) is 2.85. The van der Waals surface area contributed by atoms with Crippen LogP contribution in [0.5, 0.6) is 0 Å². The summed E-state index contributed by atoms with van der Waals surface area (Å²) in [6, 6.07) is 0.327. The number of carbonyl (C=O) groups is 1. The zero-order valence-electron chi connectivity index (χ0n) is 8.89. The van der Waals surface area contributed by atoms with Gasteiger partial charge in [-0.05, 0) is 26.2 Å². The Balaban J connectivity index is 2.13. The minimum Gasteiger partial charge on any atom is -0.335 e. The highest BCUT2D eigenvalue weighted by atomic mass is 16.2. The number of amides is 1. The van der Waals surface area contributed by atoms with Crippen LogP contribution in [0, 0.1) is 0 Å². The van der Waals surface area contributed by atoms with E-state index in [9.17, 15) is 4.79 Å². The zero-order valence-corrected chi connectivity index (χ0v) is 8.89. The van der Waals surface area contributed by atoms with Gasteiger partial charge in [-0.25, -0.2) is 4.98 Å². The SMILES string of the molecule is C[C@@H]1CCCCN1C(=O)c1cnccn1. The van der Waals surface area contributed by atoms with Crippen molar-refractivity contribution in [2.45, 2.75) is 32.2 Å². The number of carbonyl (C=O) groups excluding carboxylic acids is 1. The molecule has 0 spiro atoms. The van der Waals surface area contributed by atoms with Gasteiger partial charge in [0, 0.05) is 25.0 Å². The van der Waals surface area contributed by atoms with E-state index in [1.807, 2.05) is 4.90 Å². The van der Waals surface area contributed by atoms with Crippen molar-refractivity contribution in [1.29, 1.82) is 0 Å². The van der Waals surface area contributed by atoms with Gasteiger partial charge in [-0.2, -0.15) is 0 Å². The molecule has 0 radical (unpaired) electrons. The van der Waals surface area contributed by atoms with Gasteiger partial charge in [-0.1, -0.05) is 0 Å². The molecule has 0 bridgehead atoms. The lowest BCUT2D eigenvalue weighted by atomic mass is 10.0. The molecule has 80 valence electrons. The molecule has 0 N–H and O–H groups in total. The van der Waals surface area contributed by atoms with Crippen molar-refractivity contribution in [1.82, 2.24) is 14.9 Å². The summed E-state index contributed by atoms with van der Waals surface area (Å²) in [7, 11) is 0. The van der Waals surface area contributed by atoms with Crippen LogP contribution < -0.4 is 0 Å². The topological polar surface area (TPSA) is 46.1 Å². The molecule has 1 aromatic heterocycles. The van der Waals surface area contributed by atoms with Gasteiger partial charge < -0.3 is 4.90 Å². The largest absolute Gasteiger partial charge is 0.335 e. The Morgan fingerprint density at radius 2 is 2.33 bits per heavy atom. The molecule has 15 heavy (non-hydrogen) atoms. The molecule has 1 atom stereocenters. The van der Waals surface area contributed by atoms with Gasteiger partial charge in [0.2, 0.25) is 0 Å². The van der Waals surface area contributed by atoms with Gasteiger partial charge >= 0.3 is 0 Å². The molecule has 1 fully saturated rings. The van der Waals surface area contributed by atoms with E-state index < -0.39 is 0 Å². The van der Waals surface area contributed by atoms with Gasteiger partial charge in [-0.15, -0.1) is 0 Å². The van der Waals surface area contributed by atoms with Crippen molar-refractivity contribution in [3.05, 3.63) is 24.3 Å². The smallest absolute Gasteiger partial charge is 0.274 e. The fourth-order valence-electron chi connectivity index (χ4n) is 1.96. The normalized spacial score (nSPS) is 21.4. The van der Waals surface area contributed by atoms with Gasteiger partial charge in [0.15, 0.2) is 0 Å². The molecular formula is C11H15N3O. The fourth-order valence-corrected chi connectivity index (χ4v) is 1.96. The molecule has 0 unspecified atom stereocenters. The Morgan fingerprint density at radius 1 is 1.47 bits per heavy atom. The summed E-state index contributed by atoms with van der Waals surface area (Å²) >= 11 is 0. The highest BCUT2D eigenvalue weighted by molar-refractivity contribution is 5.92. The first-order valence-electron chi connectivity index (χ1n) is 5.36. The second kappa shape index (κ2) is 4.38. The molecule has 0 aromatic carbocycles. The highest BCUT2D eigenvalue weighted by Gasteiger charge is 2.24. The standard InChI is InChI=1S/C11H15N3O/c1-9-4-2-3-7-14(9)11(15)10-8-12-5-6-13-10/h5-6,8-9H,2-4,7H2,1H3/t9-/m1/s1. The van der Waals surface area contributed by atoms with Crippen LogP contribution in [-0.2, 0) is 0 Å². The maximum Gasteiger partial charge on any atom is 0.274 e. The van der Waals surface area contributed by atoms with Crippen LogP contribution in [0.2, 0.25) is 0 Å². The van der Waals surface area contributed by atoms with Crippen molar-refractivity contribution in [3.63, 3.8) is 0 Å². The van der Waals surface area contributed by atoms with E-state index in [-0.39, 0.29) is 5.91 Å². The van der Waals surface area contributed by atoms with E-state index >= 15 is 0 Å². The van der Waals surface area contributed by atoms with Gasteiger partial charge in [0.1, 0.15) is 5.69 Å². The molecule has 1 saturated heterocycles. The molecule has 4 nitrogen and oxygen atoms in total. The molecular weight excluding hydrogens is 190 g/mol. The maximum atomic E-state index is 12.0. The lowest BCUT2D eigenvalue weighted by Gasteiger charge is -2.33. The summed E-state index contributed by atoms with van der Waals surface area (Å²) in [6.45, 7) is 2.93. The quantitative estimate of drug-likeness (QED) is 0.697. The number of likely N-dealkylation sites (tertiary alicyclic amines) is 1. The summed E-state index contributed by atoms with van der Waals surface area (Å²) in [5.74, 6) is 0.00954. The monoisotopic (exact) mass is 205 g/mol. The first kappa shape index (κ1) is 10.1. The van der Waals surface area contributed by atoms with Crippen LogP contribution in [-0.4, -0.2) is 33.4 Å². The lowest BCUT2D eigenvalue weighted by Crippen LogP contribution is -2.42. The average molecular weight is 205 g/mol. The summed E-state index contributed by atoms with van der Waals surface area (Å²) in [5, 5.41) is 0. The number of hydrogen-bond acceptors (Lipinski definition) is 3. The van der Waals surface area contributed by atoms with Crippen LogP contribution in [0.25, 0.3) is 0 Å². The van der Waals surface area contributed by atoms with Crippen LogP contribution >= 0.6 is 0 Å². The fraction of sp³-hybridized carbons (Fsp3) is 0.545. The predicted molar refractivity (Wildman–Crippen MR) is 56.4 cm³/mol. The summed E-state index contributed by atoms with van der Waals surface area (Å²) in [5.41, 5.74) is 0.450. The molecule has 1 aliphatic rings. The molecule has 1 aromatic rings. The molecule has 2 heterocycles. The summed E-state index contributed by atoms with van der Waals surface area (Å²) in [6.07, 6.45) is 8.07. The molecule has 0 saturated carbocycles. The van der Waals surface area contributed by atoms with Crippen molar-refractivity contribution >= 4 is 5.91 Å². The minimum atomic E-state index is 0.00954. The highest BCUT2D eigenvalue weighted by Crippen LogP contribution is 2.17. The Kier molecular flexibility index (Phi) is 2.94. The number of hydrogen-bond donors (Lipinski definition) is 0. The third kappa shape index (κ3) is 2.14. The molecule has 0 aliphatic carbocycles. The second-order valence-corrected chi connectivity index (χ2v) is 3.93. The number of nitrogens with zero attached hydrogens (tertiary/aromatic N) is 3. The van der Waals surface area contributed by atoms with Crippen LogP contribution in [0.1, 0.15) is 36.7 Å². The first-order chi connectivity index (χ1) is 7.29. The average Bonchev–Trinajstić information content (AvgIpc) is 2.30. The zero-order chi connectivity index (χ0) is 10.7. The van der Waals surface area contributed by atoms with E-state index in [0.29, 0.717) is 11.7 Å². The molecule has 4 heteroatoms. The van der Waals surface area contributed by atoms with E-state index in [1.54, 1.807) is 12.4 Å². The van der Waals surface area contributed by atoms with Crippen molar-refractivity contribution < 1.29 is 4.79 Å². The maximum absolute atomic E-state index is 12.0. The van der Waals surface area contributed by atoms with E-state index in [4.69, 9.17) is 0 Å².